The molecule has 0 bridgehead atoms. The molecule has 1 unspecified atom stereocenters. The number of hydrogen-bond donors (Lipinski definition) is 1. The molecule has 1 atom stereocenters. The van der Waals surface area contributed by atoms with Crippen molar-refractivity contribution in [1.82, 2.24) is 15.0 Å². The maximum atomic E-state index is 10.1. The summed E-state index contributed by atoms with van der Waals surface area (Å²) in [6.45, 7) is 1.88. The van der Waals surface area contributed by atoms with E-state index in [0.717, 1.165) is 9.88 Å². The van der Waals surface area contributed by atoms with Crippen molar-refractivity contribution in [1.29, 1.82) is 0 Å². The number of aromatic nitrogens is 3. The molecule has 2 rings (SSSR count). The van der Waals surface area contributed by atoms with Crippen LogP contribution in [0.3, 0.4) is 0 Å². The fourth-order valence-electron chi connectivity index (χ4n) is 1.32. The first kappa shape index (κ1) is 11.0. The Kier molecular flexibility index (Phi) is 3.12. The highest BCUT2D eigenvalue weighted by atomic mass is 32.1. The summed E-state index contributed by atoms with van der Waals surface area (Å²) in [4.78, 5) is 12.9. The highest BCUT2D eigenvalue weighted by Crippen LogP contribution is 2.29. The van der Waals surface area contributed by atoms with Crippen LogP contribution in [0.5, 0.6) is 5.88 Å². The number of methoxy groups -OCH3 is 1. The molecule has 0 radical (unpaired) electrons. The molecule has 0 amide bonds. The average Bonchev–Trinajstić information content (AvgIpc) is 2.75. The molecule has 0 fully saturated rings. The number of aryl methyl sites for hydroxylation is 1. The highest BCUT2D eigenvalue weighted by molar-refractivity contribution is 7.11. The molecule has 0 aliphatic rings. The monoisotopic (exact) mass is 237 g/mol. The van der Waals surface area contributed by atoms with Crippen LogP contribution < -0.4 is 4.74 Å². The van der Waals surface area contributed by atoms with Crippen LogP contribution in [0.25, 0.3) is 0 Å². The minimum absolute atomic E-state index is 0.334. The van der Waals surface area contributed by atoms with E-state index in [1.165, 1.54) is 30.8 Å². The van der Waals surface area contributed by atoms with Gasteiger partial charge in [-0.1, -0.05) is 0 Å². The second-order valence-corrected chi connectivity index (χ2v) is 4.40. The molecule has 2 aromatic heterocycles. The number of nitrogens with zero attached hydrogens (tertiary/aromatic N) is 3. The molecular weight excluding hydrogens is 226 g/mol. The van der Waals surface area contributed by atoms with Gasteiger partial charge in [-0.2, -0.15) is 0 Å². The van der Waals surface area contributed by atoms with Crippen molar-refractivity contribution in [2.75, 3.05) is 7.11 Å². The van der Waals surface area contributed by atoms with Gasteiger partial charge < -0.3 is 9.84 Å². The van der Waals surface area contributed by atoms with Crippen LogP contribution in [-0.2, 0) is 0 Å². The molecule has 16 heavy (non-hydrogen) atoms. The predicted octanol–water partition coefficient (Wildman–Crippen LogP) is 1.33. The Labute approximate surface area is 96.8 Å². The standard InChI is InChI=1S/C10H11N3O2S/c1-6-13-5-7(16-6)9(14)8-10(15-2)12-4-3-11-8/h3-5,9,14H,1-2H3. The summed E-state index contributed by atoms with van der Waals surface area (Å²) >= 11 is 1.43. The van der Waals surface area contributed by atoms with E-state index in [1.807, 2.05) is 6.92 Å². The number of aliphatic hydroxyl groups is 1. The number of rotatable bonds is 3. The van der Waals surface area contributed by atoms with Gasteiger partial charge in [-0.3, -0.25) is 4.98 Å². The van der Waals surface area contributed by atoms with E-state index in [1.54, 1.807) is 6.20 Å². The third-order valence-corrected chi connectivity index (χ3v) is 3.02. The number of hydrogen-bond acceptors (Lipinski definition) is 6. The van der Waals surface area contributed by atoms with Crippen LogP contribution in [0, 0.1) is 6.92 Å². The zero-order chi connectivity index (χ0) is 11.5. The van der Waals surface area contributed by atoms with Crippen LogP contribution in [0.2, 0.25) is 0 Å². The Morgan fingerprint density at radius 3 is 2.69 bits per heavy atom. The molecule has 0 aliphatic carbocycles. The largest absolute Gasteiger partial charge is 0.480 e. The third-order valence-electron chi connectivity index (χ3n) is 2.05. The lowest BCUT2D eigenvalue weighted by molar-refractivity contribution is 0.211. The van der Waals surface area contributed by atoms with Crippen molar-refractivity contribution in [2.24, 2.45) is 0 Å². The Morgan fingerprint density at radius 2 is 2.06 bits per heavy atom. The summed E-state index contributed by atoms with van der Waals surface area (Å²) in [5.41, 5.74) is 0.411. The van der Waals surface area contributed by atoms with Crippen molar-refractivity contribution < 1.29 is 9.84 Å². The quantitative estimate of drug-likeness (QED) is 0.872. The number of thiazole rings is 1. The lowest BCUT2D eigenvalue weighted by Crippen LogP contribution is -2.04. The smallest absolute Gasteiger partial charge is 0.238 e. The summed E-state index contributed by atoms with van der Waals surface area (Å²) in [5, 5.41) is 11.0. The van der Waals surface area contributed by atoms with Crippen LogP contribution in [0.4, 0.5) is 0 Å². The van der Waals surface area contributed by atoms with Crippen molar-refractivity contribution in [3.05, 3.63) is 34.2 Å². The molecule has 1 N–H and O–H groups in total. The predicted molar refractivity (Wildman–Crippen MR) is 59.5 cm³/mol. The van der Waals surface area contributed by atoms with Gasteiger partial charge in [0.15, 0.2) is 0 Å². The number of ether oxygens (including phenoxy) is 1. The molecule has 0 aliphatic heterocycles. The second kappa shape index (κ2) is 4.54. The van der Waals surface area contributed by atoms with Crippen LogP contribution in [0.1, 0.15) is 21.7 Å². The Hall–Kier alpha value is -1.53. The van der Waals surface area contributed by atoms with E-state index in [4.69, 9.17) is 4.74 Å². The first-order valence-electron chi connectivity index (χ1n) is 4.67. The van der Waals surface area contributed by atoms with Crippen LogP contribution >= 0.6 is 11.3 Å². The van der Waals surface area contributed by atoms with Gasteiger partial charge in [-0.25, -0.2) is 9.97 Å². The van der Waals surface area contributed by atoms with E-state index in [-0.39, 0.29) is 0 Å². The summed E-state index contributed by atoms with van der Waals surface area (Å²) in [6, 6.07) is 0. The van der Waals surface area contributed by atoms with Crippen molar-refractivity contribution in [3.63, 3.8) is 0 Å². The normalized spacial score (nSPS) is 12.4. The lowest BCUT2D eigenvalue weighted by atomic mass is 10.2. The fourth-order valence-corrected chi connectivity index (χ4v) is 2.09. The van der Waals surface area contributed by atoms with Gasteiger partial charge in [0.2, 0.25) is 5.88 Å². The Balaban J connectivity index is 2.36. The maximum Gasteiger partial charge on any atom is 0.238 e. The van der Waals surface area contributed by atoms with Gasteiger partial charge in [-0.05, 0) is 6.92 Å². The molecule has 0 spiro atoms. The first-order valence-corrected chi connectivity index (χ1v) is 5.49. The van der Waals surface area contributed by atoms with Gasteiger partial charge in [0.25, 0.3) is 0 Å². The zero-order valence-electron chi connectivity index (χ0n) is 8.91. The van der Waals surface area contributed by atoms with E-state index in [0.29, 0.717) is 11.6 Å². The van der Waals surface area contributed by atoms with Gasteiger partial charge in [0.1, 0.15) is 11.8 Å². The van der Waals surface area contributed by atoms with Gasteiger partial charge in [0.05, 0.1) is 17.0 Å². The molecule has 5 nitrogen and oxygen atoms in total. The average molecular weight is 237 g/mol. The molecule has 0 aromatic carbocycles. The van der Waals surface area contributed by atoms with Gasteiger partial charge in [0, 0.05) is 18.6 Å². The van der Waals surface area contributed by atoms with Crippen LogP contribution in [-0.4, -0.2) is 27.2 Å². The molecule has 2 heterocycles. The molecule has 6 heteroatoms. The second-order valence-electron chi connectivity index (χ2n) is 3.14. The van der Waals surface area contributed by atoms with Gasteiger partial charge in [-0.15, -0.1) is 11.3 Å². The van der Waals surface area contributed by atoms with Crippen molar-refractivity contribution >= 4 is 11.3 Å². The Bertz CT molecular complexity index is 486. The SMILES string of the molecule is COc1nccnc1C(O)c1cnc(C)s1. The highest BCUT2D eigenvalue weighted by Gasteiger charge is 2.19. The van der Waals surface area contributed by atoms with E-state index in [2.05, 4.69) is 15.0 Å². The molecule has 0 saturated carbocycles. The molecular formula is C10H11N3O2S. The van der Waals surface area contributed by atoms with Crippen molar-refractivity contribution in [2.45, 2.75) is 13.0 Å². The molecule has 2 aromatic rings. The summed E-state index contributed by atoms with van der Waals surface area (Å²) < 4.78 is 5.05. The summed E-state index contributed by atoms with van der Waals surface area (Å²) in [7, 11) is 1.50. The van der Waals surface area contributed by atoms with E-state index in [9.17, 15) is 5.11 Å². The minimum atomic E-state index is -0.838. The zero-order valence-corrected chi connectivity index (χ0v) is 9.73. The fraction of sp³-hybridized carbons (Fsp3) is 0.300. The first-order chi connectivity index (χ1) is 7.72. The molecule has 0 saturated heterocycles. The number of aliphatic hydroxyl groups excluding tert-OH is 1. The summed E-state index contributed by atoms with van der Waals surface area (Å²) in [6.07, 6.45) is 3.84. The van der Waals surface area contributed by atoms with Crippen molar-refractivity contribution in [3.8, 4) is 5.88 Å². The van der Waals surface area contributed by atoms with E-state index < -0.39 is 6.10 Å². The lowest BCUT2D eigenvalue weighted by Gasteiger charge is -2.10. The Morgan fingerprint density at radius 1 is 1.31 bits per heavy atom. The maximum absolute atomic E-state index is 10.1. The molecule has 84 valence electrons. The summed E-state index contributed by atoms with van der Waals surface area (Å²) in [5.74, 6) is 0.334. The minimum Gasteiger partial charge on any atom is -0.480 e. The van der Waals surface area contributed by atoms with Gasteiger partial charge >= 0.3 is 0 Å². The topological polar surface area (TPSA) is 68.1 Å². The third kappa shape index (κ3) is 2.02. The van der Waals surface area contributed by atoms with Crippen LogP contribution in [0.15, 0.2) is 18.6 Å². The van der Waals surface area contributed by atoms with E-state index >= 15 is 0 Å².